The molecule has 0 radical (unpaired) electrons. The van der Waals surface area contributed by atoms with E-state index in [-0.39, 0.29) is 0 Å². The van der Waals surface area contributed by atoms with Crippen molar-refractivity contribution < 1.29 is 0 Å². The summed E-state index contributed by atoms with van der Waals surface area (Å²) in [6.45, 7) is 5.38. The predicted octanol–water partition coefficient (Wildman–Crippen LogP) is 4.95. The van der Waals surface area contributed by atoms with Gasteiger partial charge in [0.15, 0.2) is 0 Å². The highest BCUT2D eigenvalue weighted by Gasteiger charge is 2.16. The average Bonchev–Trinajstić information content (AvgIpc) is 2.90. The summed E-state index contributed by atoms with van der Waals surface area (Å²) in [5.41, 5.74) is 0. The Morgan fingerprint density at radius 1 is 1.35 bits per heavy atom. The van der Waals surface area contributed by atoms with Crippen LogP contribution in [0.25, 0.3) is 0 Å². The van der Waals surface area contributed by atoms with E-state index in [9.17, 15) is 0 Å². The molecule has 1 unspecified atom stereocenters. The van der Waals surface area contributed by atoms with Crippen molar-refractivity contribution in [3.05, 3.63) is 43.7 Å². The first-order chi connectivity index (χ1) is 8.16. The van der Waals surface area contributed by atoms with E-state index in [0.717, 1.165) is 11.6 Å². The number of nitrogens with one attached hydrogen (secondary N) is 1. The van der Waals surface area contributed by atoms with Crippen LogP contribution in [-0.2, 0) is 6.54 Å². The molecule has 2 heterocycles. The van der Waals surface area contributed by atoms with Crippen LogP contribution < -0.4 is 5.32 Å². The van der Waals surface area contributed by atoms with E-state index in [4.69, 9.17) is 11.6 Å². The van der Waals surface area contributed by atoms with Gasteiger partial charge in [0.25, 0.3) is 0 Å². The summed E-state index contributed by atoms with van der Waals surface area (Å²) >= 11 is 9.45. The van der Waals surface area contributed by atoms with E-state index in [1.54, 1.807) is 11.3 Å². The minimum absolute atomic E-state index is 0.427. The molecule has 0 saturated carbocycles. The standard InChI is InChI=1S/C13H16ClNS2/c1-9(2)13(12-4-3-5-16-12)15-7-11-6-10(14)8-17-11/h3-6,8-9,13,15H,7H2,1-2H3. The first-order valence-corrected chi connectivity index (χ1v) is 7.80. The fourth-order valence-corrected chi connectivity index (χ4v) is 3.79. The molecule has 92 valence electrons. The van der Waals surface area contributed by atoms with Crippen molar-refractivity contribution in [2.75, 3.05) is 0 Å². The largest absolute Gasteiger partial charge is 0.304 e. The van der Waals surface area contributed by atoms with E-state index < -0.39 is 0 Å². The fraction of sp³-hybridized carbons (Fsp3) is 0.385. The number of halogens is 1. The number of hydrogen-bond donors (Lipinski definition) is 1. The van der Waals surface area contributed by atoms with Gasteiger partial charge < -0.3 is 5.32 Å². The lowest BCUT2D eigenvalue weighted by atomic mass is 10.0. The molecule has 0 bridgehead atoms. The van der Waals surface area contributed by atoms with E-state index in [1.165, 1.54) is 9.75 Å². The van der Waals surface area contributed by atoms with E-state index >= 15 is 0 Å². The van der Waals surface area contributed by atoms with Crippen molar-refractivity contribution in [3.63, 3.8) is 0 Å². The number of hydrogen-bond acceptors (Lipinski definition) is 3. The molecule has 0 aromatic carbocycles. The lowest BCUT2D eigenvalue weighted by molar-refractivity contribution is 0.418. The molecule has 2 rings (SSSR count). The molecule has 0 aliphatic carbocycles. The van der Waals surface area contributed by atoms with Gasteiger partial charge in [-0.15, -0.1) is 22.7 Å². The van der Waals surface area contributed by atoms with Crippen LogP contribution in [0.15, 0.2) is 29.0 Å². The van der Waals surface area contributed by atoms with Gasteiger partial charge in [-0.25, -0.2) is 0 Å². The maximum atomic E-state index is 5.92. The zero-order valence-electron chi connectivity index (χ0n) is 9.94. The molecule has 0 fully saturated rings. The summed E-state index contributed by atoms with van der Waals surface area (Å²) in [6.07, 6.45) is 0. The maximum Gasteiger partial charge on any atom is 0.0516 e. The van der Waals surface area contributed by atoms with Gasteiger partial charge in [-0.2, -0.15) is 0 Å². The Labute approximate surface area is 115 Å². The van der Waals surface area contributed by atoms with Crippen molar-refractivity contribution in [3.8, 4) is 0 Å². The van der Waals surface area contributed by atoms with Gasteiger partial charge in [-0.3, -0.25) is 0 Å². The summed E-state index contributed by atoms with van der Waals surface area (Å²) in [7, 11) is 0. The lowest BCUT2D eigenvalue weighted by Gasteiger charge is -2.20. The van der Waals surface area contributed by atoms with Crippen molar-refractivity contribution in [2.45, 2.75) is 26.4 Å². The summed E-state index contributed by atoms with van der Waals surface area (Å²) in [4.78, 5) is 2.69. The topological polar surface area (TPSA) is 12.0 Å². The van der Waals surface area contributed by atoms with E-state index in [1.807, 2.05) is 22.8 Å². The minimum atomic E-state index is 0.427. The van der Waals surface area contributed by atoms with E-state index in [2.05, 4.69) is 36.7 Å². The Bertz CT molecular complexity index is 448. The third kappa shape index (κ3) is 3.55. The lowest BCUT2D eigenvalue weighted by Crippen LogP contribution is -2.24. The van der Waals surface area contributed by atoms with Gasteiger partial charge in [0.2, 0.25) is 0 Å². The van der Waals surface area contributed by atoms with Crippen molar-refractivity contribution in [1.29, 1.82) is 0 Å². The number of thiophene rings is 2. The number of rotatable bonds is 5. The first-order valence-electron chi connectivity index (χ1n) is 5.66. The van der Waals surface area contributed by atoms with Gasteiger partial charge in [0, 0.05) is 27.7 Å². The summed E-state index contributed by atoms with van der Waals surface area (Å²) < 4.78 is 0. The molecule has 17 heavy (non-hydrogen) atoms. The molecule has 2 aromatic rings. The van der Waals surface area contributed by atoms with Crippen molar-refractivity contribution in [1.82, 2.24) is 5.32 Å². The smallest absolute Gasteiger partial charge is 0.0516 e. The van der Waals surface area contributed by atoms with Gasteiger partial charge in [-0.1, -0.05) is 31.5 Å². The van der Waals surface area contributed by atoms with Crippen LogP contribution >= 0.6 is 34.3 Å². The second kappa shape index (κ2) is 6.01. The molecule has 0 aliphatic heterocycles. The van der Waals surface area contributed by atoms with Crippen LogP contribution in [0.2, 0.25) is 5.02 Å². The Balaban J connectivity index is 1.99. The van der Waals surface area contributed by atoms with Crippen LogP contribution in [0, 0.1) is 5.92 Å². The van der Waals surface area contributed by atoms with Crippen molar-refractivity contribution >= 4 is 34.3 Å². The highest BCUT2D eigenvalue weighted by atomic mass is 35.5. The van der Waals surface area contributed by atoms with Crippen LogP contribution in [0.3, 0.4) is 0 Å². The van der Waals surface area contributed by atoms with Crippen LogP contribution in [-0.4, -0.2) is 0 Å². The highest BCUT2D eigenvalue weighted by molar-refractivity contribution is 7.10. The van der Waals surface area contributed by atoms with Crippen molar-refractivity contribution in [2.24, 2.45) is 5.92 Å². The molecule has 1 atom stereocenters. The van der Waals surface area contributed by atoms with E-state index in [0.29, 0.717) is 12.0 Å². The zero-order valence-corrected chi connectivity index (χ0v) is 12.3. The second-order valence-electron chi connectivity index (χ2n) is 4.35. The molecule has 0 amide bonds. The summed E-state index contributed by atoms with van der Waals surface area (Å²) in [5, 5.41) is 8.56. The first kappa shape index (κ1) is 13.1. The molecule has 1 N–H and O–H groups in total. The Morgan fingerprint density at radius 3 is 2.71 bits per heavy atom. The zero-order chi connectivity index (χ0) is 12.3. The fourth-order valence-electron chi connectivity index (χ4n) is 1.79. The third-order valence-corrected chi connectivity index (χ3v) is 4.87. The van der Waals surface area contributed by atoms with Crippen LogP contribution in [0.5, 0.6) is 0 Å². The molecule has 0 aliphatic rings. The summed E-state index contributed by atoms with van der Waals surface area (Å²) in [5.74, 6) is 0.587. The minimum Gasteiger partial charge on any atom is -0.304 e. The molecule has 2 aromatic heterocycles. The third-order valence-electron chi connectivity index (χ3n) is 2.63. The average molecular weight is 286 g/mol. The predicted molar refractivity (Wildman–Crippen MR) is 78.1 cm³/mol. The Kier molecular flexibility index (Phi) is 4.62. The van der Waals surface area contributed by atoms with Crippen LogP contribution in [0.1, 0.15) is 29.6 Å². The Hall–Kier alpha value is -0.350. The molecular formula is C13H16ClNS2. The normalized spacial score (nSPS) is 13.2. The van der Waals surface area contributed by atoms with Gasteiger partial charge in [0.1, 0.15) is 0 Å². The molecular weight excluding hydrogens is 270 g/mol. The summed E-state index contributed by atoms with van der Waals surface area (Å²) in [6, 6.07) is 6.77. The SMILES string of the molecule is CC(C)C(NCc1cc(Cl)cs1)c1cccs1. The van der Waals surface area contributed by atoms with Gasteiger partial charge in [0.05, 0.1) is 5.02 Å². The van der Waals surface area contributed by atoms with Crippen LogP contribution in [0.4, 0.5) is 0 Å². The maximum absolute atomic E-state index is 5.92. The van der Waals surface area contributed by atoms with Gasteiger partial charge >= 0.3 is 0 Å². The quantitative estimate of drug-likeness (QED) is 0.819. The molecule has 4 heteroatoms. The molecule has 0 spiro atoms. The second-order valence-corrected chi connectivity index (χ2v) is 6.76. The Morgan fingerprint density at radius 2 is 2.18 bits per heavy atom. The molecule has 0 saturated heterocycles. The van der Waals surface area contributed by atoms with Gasteiger partial charge in [-0.05, 0) is 23.4 Å². The monoisotopic (exact) mass is 285 g/mol. The highest BCUT2D eigenvalue weighted by Crippen LogP contribution is 2.27. The molecule has 1 nitrogen and oxygen atoms in total.